The molecule has 0 spiro atoms. The Morgan fingerprint density at radius 1 is 1.60 bits per heavy atom. The van der Waals surface area contributed by atoms with E-state index in [1.165, 1.54) is 25.7 Å². The molecule has 2 heteroatoms. The molecule has 10 heavy (non-hydrogen) atoms. The highest BCUT2D eigenvalue weighted by molar-refractivity contribution is 5.06. The zero-order valence-corrected chi connectivity index (χ0v) is 6.47. The summed E-state index contributed by atoms with van der Waals surface area (Å²) in [6, 6.07) is 0. The lowest BCUT2D eigenvalue weighted by Crippen LogP contribution is -2.46. The molecule has 2 N–H and O–H groups in total. The van der Waals surface area contributed by atoms with E-state index in [1.54, 1.807) is 7.11 Å². The van der Waals surface area contributed by atoms with Crippen LogP contribution in [0.15, 0.2) is 0 Å². The van der Waals surface area contributed by atoms with E-state index in [-0.39, 0.29) is 5.54 Å². The molecule has 2 aliphatic carbocycles. The van der Waals surface area contributed by atoms with Crippen LogP contribution in [0.1, 0.15) is 25.7 Å². The van der Waals surface area contributed by atoms with Gasteiger partial charge in [-0.3, -0.25) is 0 Å². The average Bonchev–Trinajstić information content (AvgIpc) is 2.41. The minimum Gasteiger partial charge on any atom is -0.380 e. The Hall–Kier alpha value is -0.0800. The Bertz CT molecular complexity index is 148. The second-order valence-corrected chi connectivity index (χ2v) is 3.80. The van der Waals surface area contributed by atoms with Crippen molar-refractivity contribution in [1.29, 1.82) is 0 Å². The van der Waals surface area contributed by atoms with E-state index < -0.39 is 0 Å². The Balaban J connectivity index is 2.14. The van der Waals surface area contributed by atoms with Crippen molar-refractivity contribution in [3.05, 3.63) is 0 Å². The molecular weight excluding hydrogens is 126 g/mol. The fraction of sp³-hybridized carbons (Fsp3) is 1.00. The van der Waals surface area contributed by atoms with Crippen LogP contribution in [-0.4, -0.2) is 18.8 Å². The Morgan fingerprint density at radius 3 is 2.70 bits per heavy atom. The molecule has 0 unspecified atom stereocenters. The molecule has 0 amide bonds. The fourth-order valence-corrected chi connectivity index (χ4v) is 2.58. The van der Waals surface area contributed by atoms with Gasteiger partial charge in [-0.25, -0.2) is 0 Å². The predicted octanol–water partition coefficient (Wildman–Crippen LogP) is 0.903. The lowest BCUT2D eigenvalue weighted by molar-refractivity contribution is 0.0421. The molecule has 2 nitrogen and oxygen atoms in total. The van der Waals surface area contributed by atoms with Crippen LogP contribution in [0.25, 0.3) is 0 Å². The third kappa shape index (κ3) is 0.722. The first-order valence-electron chi connectivity index (χ1n) is 4.06. The molecule has 0 radical (unpaired) electrons. The van der Waals surface area contributed by atoms with Crippen molar-refractivity contribution in [2.45, 2.75) is 37.3 Å². The van der Waals surface area contributed by atoms with Crippen molar-refractivity contribution >= 4 is 0 Å². The molecule has 0 saturated heterocycles. The molecule has 0 aromatic carbocycles. The molecule has 2 saturated carbocycles. The van der Waals surface area contributed by atoms with Gasteiger partial charge in [0.2, 0.25) is 0 Å². The molecule has 0 aromatic rings. The van der Waals surface area contributed by atoms with Gasteiger partial charge in [-0.1, -0.05) is 0 Å². The minimum absolute atomic E-state index is 0.0550. The lowest BCUT2D eigenvalue weighted by atomic mass is 9.92. The lowest BCUT2D eigenvalue weighted by Gasteiger charge is -2.29. The van der Waals surface area contributed by atoms with E-state index in [4.69, 9.17) is 10.5 Å². The number of rotatable bonds is 1. The summed E-state index contributed by atoms with van der Waals surface area (Å²) in [7, 11) is 1.78. The van der Waals surface area contributed by atoms with Gasteiger partial charge in [0.15, 0.2) is 0 Å². The summed E-state index contributed by atoms with van der Waals surface area (Å²) in [6.07, 6.45) is 5.26. The van der Waals surface area contributed by atoms with Crippen LogP contribution in [-0.2, 0) is 4.74 Å². The maximum atomic E-state index is 6.13. The summed E-state index contributed by atoms with van der Waals surface area (Å²) in [4.78, 5) is 0. The van der Waals surface area contributed by atoms with Gasteiger partial charge in [0.25, 0.3) is 0 Å². The molecule has 2 rings (SSSR count). The summed E-state index contributed by atoms with van der Waals surface area (Å²) in [5.41, 5.74) is 6.18. The third-order valence-electron chi connectivity index (χ3n) is 3.16. The molecule has 2 bridgehead atoms. The number of fused-ring (bicyclic) bond motifs is 2. The third-order valence-corrected chi connectivity index (χ3v) is 3.16. The molecule has 58 valence electrons. The summed E-state index contributed by atoms with van der Waals surface area (Å²) < 4.78 is 5.32. The van der Waals surface area contributed by atoms with Crippen molar-refractivity contribution in [3.8, 4) is 0 Å². The van der Waals surface area contributed by atoms with Crippen LogP contribution >= 0.6 is 0 Å². The zero-order valence-electron chi connectivity index (χ0n) is 6.47. The summed E-state index contributed by atoms with van der Waals surface area (Å²) in [5, 5.41) is 0. The van der Waals surface area contributed by atoms with E-state index in [1.807, 2.05) is 0 Å². The van der Waals surface area contributed by atoms with Gasteiger partial charge in [0, 0.05) is 12.6 Å². The number of ether oxygens (including phenoxy) is 1. The monoisotopic (exact) mass is 141 g/mol. The van der Waals surface area contributed by atoms with Crippen LogP contribution in [0, 0.1) is 5.92 Å². The minimum atomic E-state index is 0.0550. The van der Waals surface area contributed by atoms with E-state index in [9.17, 15) is 0 Å². The van der Waals surface area contributed by atoms with Gasteiger partial charge >= 0.3 is 0 Å². The summed E-state index contributed by atoms with van der Waals surface area (Å²) >= 11 is 0. The zero-order chi connectivity index (χ0) is 7.19. The second kappa shape index (κ2) is 1.95. The van der Waals surface area contributed by atoms with E-state index in [0.29, 0.717) is 6.10 Å². The quantitative estimate of drug-likeness (QED) is 0.589. The smallest absolute Gasteiger partial charge is 0.0753 e. The molecule has 0 aromatic heterocycles. The maximum absolute atomic E-state index is 6.13. The van der Waals surface area contributed by atoms with E-state index >= 15 is 0 Å². The average molecular weight is 141 g/mol. The van der Waals surface area contributed by atoms with Gasteiger partial charge in [0.05, 0.1) is 6.10 Å². The number of methoxy groups -OCH3 is 1. The SMILES string of the molecule is CO[C@@H]1C[C@H]2CC[C@]1(N)C2. The first-order valence-corrected chi connectivity index (χ1v) is 4.06. The molecular formula is C8H15NO. The highest BCUT2D eigenvalue weighted by Crippen LogP contribution is 2.47. The molecule has 0 aliphatic heterocycles. The Kier molecular flexibility index (Phi) is 1.29. The van der Waals surface area contributed by atoms with Gasteiger partial charge in [0.1, 0.15) is 0 Å². The normalized spacial score (nSPS) is 52.2. The summed E-state index contributed by atoms with van der Waals surface area (Å²) in [6.45, 7) is 0. The largest absolute Gasteiger partial charge is 0.380 e. The highest BCUT2D eigenvalue weighted by Gasteiger charge is 2.49. The topological polar surface area (TPSA) is 35.2 Å². The Labute approximate surface area is 61.7 Å². The first kappa shape index (κ1) is 6.62. The number of hydrogen-bond acceptors (Lipinski definition) is 2. The van der Waals surface area contributed by atoms with Gasteiger partial charge in [-0.2, -0.15) is 0 Å². The van der Waals surface area contributed by atoms with Crippen molar-refractivity contribution in [3.63, 3.8) is 0 Å². The van der Waals surface area contributed by atoms with Gasteiger partial charge in [-0.05, 0) is 31.6 Å². The van der Waals surface area contributed by atoms with Crippen LogP contribution in [0.5, 0.6) is 0 Å². The first-order chi connectivity index (χ1) is 4.74. The molecule has 0 heterocycles. The standard InChI is InChI=1S/C8H15NO/c1-10-7-4-6-2-3-8(7,9)5-6/h6-7H,2-5,9H2,1H3/t6-,7-,8+/m1/s1. The molecule has 2 aliphatic rings. The number of nitrogens with two attached hydrogens (primary N) is 1. The van der Waals surface area contributed by atoms with E-state index in [2.05, 4.69) is 0 Å². The Morgan fingerprint density at radius 2 is 2.40 bits per heavy atom. The van der Waals surface area contributed by atoms with Gasteiger partial charge in [-0.15, -0.1) is 0 Å². The summed E-state index contributed by atoms with van der Waals surface area (Å²) in [5.74, 6) is 0.870. The second-order valence-electron chi connectivity index (χ2n) is 3.80. The predicted molar refractivity (Wildman–Crippen MR) is 39.7 cm³/mol. The van der Waals surface area contributed by atoms with Crippen LogP contribution in [0.4, 0.5) is 0 Å². The van der Waals surface area contributed by atoms with Crippen LogP contribution < -0.4 is 5.73 Å². The number of hydrogen-bond donors (Lipinski definition) is 1. The van der Waals surface area contributed by atoms with Crippen molar-refractivity contribution in [2.24, 2.45) is 11.7 Å². The molecule has 2 fully saturated rings. The van der Waals surface area contributed by atoms with E-state index in [0.717, 1.165) is 5.92 Å². The maximum Gasteiger partial charge on any atom is 0.0753 e. The van der Waals surface area contributed by atoms with Crippen molar-refractivity contribution < 1.29 is 4.74 Å². The highest BCUT2D eigenvalue weighted by atomic mass is 16.5. The van der Waals surface area contributed by atoms with Crippen LogP contribution in [0.3, 0.4) is 0 Å². The van der Waals surface area contributed by atoms with Crippen molar-refractivity contribution in [2.75, 3.05) is 7.11 Å². The fourth-order valence-electron chi connectivity index (χ4n) is 2.58. The molecule has 3 atom stereocenters. The van der Waals surface area contributed by atoms with Crippen LogP contribution in [0.2, 0.25) is 0 Å². The van der Waals surface area contributed by atoms with Gasteiger partial charge < -0.3 is 10.5 Å². The van der Waals surface area contributed by atoms with Crippen molar-refractivity contribution in [1.82, 2.24) is 0 Å².